The standard InChI is InChI=1S/C15H19ClFNO.CH2O3/c1-10-4-2-5-11(8-10)18-15(19)9-12-13(16)6-3-7-14(12)17;2-1(3)4/h3,6-7,10-11H,2,4-5,8-9H2,1H3,(H,18,19);(H2,2,3,4). The molecule has 5 nitrogen and oxygen atoms in total. The Hall–Kier alpha value is -1.82. The Morgan fingerprint density at radius 1 is 1.35 bits per heavy atom. The van der Waals surface area contributed by atoms with Crippen LogP contribution >= 0.6 is 11.6 Å². The van der Waals surface area contributed by atoms with E-state index in [1.807, 2.05) is 0 Å². The lowest BCUT2D eigenvalue weighted by Gasteiger charge is -2.27. The van der Waals surface area contributed by atoms with Gasteiger partial charge in [0.25, 0.3) is 0 Å². The van der Waals surface area contributed by atoms with Crippen LogP contribution in [0.5, 0.6) is 0 Å². The lowest BCUT2D eigenvalue weighted by Crippen LogP contribution is -2.38. The van der Waals surface area contributed by atoms with E-state index in [0.717, 1.165) is 19.3 Å². The van der Waals surface area contributed by atoms with Crippen molar-refractivity contribution in [3.05, 3.63) is 34.6 Å². The van der Waals surface area contributed by atoms with Crippen molar-refractivity contribution in [1.29, 1.82) is 0 Å². The van der Waals surface area contributed by atoms with Crippen molar-refractivity contribution in [3.63, 3.8) is 0 Å². The highest BCUT2D eigenvalue weighted by molar-refractivity contribution is 6.31. The first-order chi connectivity index (χ1) is 10.8. The minimum atomic E-state index is -1.83. The SMILES string of the molecule is CC1CCCC(NC(=O)Cc2c(F)cccc2Cl)C1.O=C(O)O. The minimum absolute atomic E-state index is 0.0103. The molecule has 0 saturated heterocycles. The van der Waals surface area contributed by atoms with E-state index < -0.39 is 12.0 Å². The summed E-state index contributed by atoms with van der Waals surface area (Å²) in [6.07, 6.45) is 2.58. The van der Waals surface area contributed by atoms with Crippen LogP contribution in [0.4, 0.5) is 9.18 Å². The first-order valence-electron chi connectivity index (χ1n) is 7.43. The summed E-state index contributed by atoms with van der Waals surface area (Å²) in [4.78, 5) is 20.5. The highest BCUT2D eigenvalue weighted by Crippen LogP contribution is 2.24. The summed E-state index contributed by atoms with van der Waals surface area (Å²) in [5.41, 5.74) is 0.283. The Balaban J connectivity index is 0.000000593. The molecule has 1 aromatic rings. The third kappa shape index (κ3) is 7.32. The second-order valence-corrected chi connectivity index (χ2v) is 6.10. The van der Waals surface area contributed by atoms with E-state index in [9.17, 15) is 9.18 Å². The number of benzene rings is 1. The van der Waals surface area contributed by atoms with Gasteiger partial charge in [0, 0.05) is 16.6 Å². The van der Waals surface area contributed by atoms with Crippen molar-refractivity contribution < 1.29 is 24.2 Å². The van der Waals surface area contributed by atoms with E-state index in [4.69, 9.17) is 26.6 Å². The highest BCUT2D eigenvalue weighted by Gasteiger charge is 2.21. The van der Waals surface area contributed by atoms with Gasteiger partial charge in [-0.15, -0.1) is 0 Å². The molecule has 7 heteroatoms. The van der Waals surface area contributed by atoms with Crippen molar-refractivity contribution in [1.82, 2.24) is 5.32 Å². The molecular formula is C16H21ClFNO4. The average Bonchev–Trinajstić information content (AvgIpc) is 2.42. The second-order valence-electron chi connectivity index (χ2n) is 5.70. The van der Waals surface area contributed by atoms with Gasteiger partial charge in [-0.2, -0.15) is 0 Å². The Morgan fingerprint density at radius 3 is 2.57 bits per heavy atom. The molecule has 0 aliphatic heterocycles. The van der Waals surface area contributed by atoms with E-state index in [2.05, 4.69) is 12.2 Å². The molecule has 1 amide bonds. The summed E-state index contributed by atoms with van der Waals surface area (Å²) in [5.74, 6) is 0.0851. The number of rotatable bonds is 3. The Bertz CT molecular complexity index is 529. The van der Waals surface area contributed by atoms with Crippen molar-refractivity contribution in [3.8, 4) is 0 Å². The van der Waals surface area contributed by atoms with E-state index in [0.29, 0.717) is 10.9 Å². The molecule has 1 aromatic carbocycles. The molecule has 0 heterocycles. The summed E-state index contributed by atoms with van der Waals surface area (Å²) in [6.45, 7) is 2.20. The summed E-state index contributed by atoms with van der Waals surface area (Å²) < 4.78 is 13.6. The molecule has 0 bridgehead atoms. The normalized spacial score (nSPS) is 20.1. The van der Waals surface area contributed by atoms with Crippen LogP contribution in [0, 0.1) is 11.7 Å². The number of carboxylic acid groups (broad SMARTS) is 2. The maximum Gasteiger partial charge on any atom is 0.503 e. The van der Waals surface area contributed by atoms with Crippen LogP contribution in [-0.4, -0.2) is 28.3 Å². The van der Waals surface area contributed by atoms with Crippen LogP contribution in [-0.2, 0) is 11.2 Å². The van der Waals surface area contributed by atoms with Crippen LogP contribution in [0.15, 0.2) is 18.2 Å². The molecule has 1 aliphatic rings. The predicted octanol–water partition coefficient (Wildman–Crippen LogP) is 3.94. The van der Waals surface area contributed by atoms with Crippen molar-refractivity contribution in [2.24, 2.45) is 5.92 Å². The predicted molar refractivity (Wildman–Crippen MR) is 85.3 cm³/mol. The Labute approximate surface area is 139 Å². The van der Waals surface area contributed by atoms with E-state index in [-0.39, 0.29) is 23.9 Å². The van der Waals surface area contributed by atoms with Crippen molar-refractivity contribution in [2.75, 3.05) is 0 Å². The molecule has 23 heavy (non-hydrogen) atoms. The largest absolute Gasteiger partial charge is 0.503 e. The van der Waals surface area contributed by atoms with Crippen LogP contribution in [0.25, 0.3) is 0 Å². The third-order valence-electron chi connectivity index (χ3n) is 3.70. The van der Waals surface area contributed by atoms with Crippen molar-refractivity contribution >= 4 is 23.7 Å². The fourth-order valence-electron chi connectivity index (χ4n) is 2.71. The molecule has 2 rings (SSSR count). The van der Waals surface area contributed by atoms with Gasteiger partial charge < -0.3 is 15.5 Å². The zero-order valence-corrected chi connectivity index (χ0v) is 13.6. The molecule has 0 spiro atoms. The van der Waals surface area contributed by atoms with Crippen LogP contribution in [0.2, 0.25) is 5.02 Å². The molecule has 2 atom stereocenters. The zero-order valence-electron chi connectivity index (χ0n) is 12.9. The summed E-state index contributed by atoms with van der Waals surface area (Å²) in [5, 5.41) is 17.2. The number of amides is 1. The van der Waals surface area contributed by atoms with E-state index in [1.54, 1.807) is 12.1 Å². The van der Waals surface area contributed by atoms with Gasteiger partial charge in [0.1, 0.15) is 5.82 Å². The van der Waals surface area contributed by atoms with Crippen LogP contribution in [0.1, 0.15) is 38.2 Å². The second kappa shape index (κ2) is 9.35. The first kappa shape index (κ1) is 19.2. The number of hydrogen-bond acceptors (Lipinski definition) is 2. The molecule has 3 N–H and O–H groups in total. The number of hydrogen-bond donors (Lipinski definition) is 3. The lowest BCUT2D eigenvalue weighted by molar-refractivity contribution is -0.121. The molecular weight excluding hydrogens is 325 g/mol. The monoisotopic (exact) mass is 345 g/mol. The quantitative estimate of drug-likeness (QED) is 0.774. The first-order valence-corrected chi connectivity index (χ1v) is 7.81. The number of carbonyl (C=O) groups is 2. The number of nitrogens with one attached hydrogen (secondary N) is 1. The van der Waals surface area contributed by atoms with Crippen LogP contribution < -0.4 is 5.32 Å². The topological polar surface area (TPSA) is 86.6 Å². The smallest absolute Gasteiger partial charge is 0.450 e. The fraction of sp³-hybridized carbons (Fsp3) is 0.500. The molecule has 1 fully saturated rings. The van der Waals surface area contributed by atoms with Crippen molar-refractivity contribution in [2.45, 2.75) is 45.1 Å². The summed E-state index contributed by atoms with van der Waals surface area (Å²) in [6, 6.07) is 4.71. The van der Waals surface area contributed by atoms with Gasteiger partial charge in [-0.1, -0.05) is 37.4 Å². The molecule has 1 saturated carbocycles. The van der Waals surface area contributed by atoms with Gasteiger partial charge in [0.2, 0.25) is 5.91 Å². The Kier molecular flexibility index (Phi) is 7.81. The van der Waals surface area contributed by atoms with E-state index >= 15 is 0 Å². The van der Waals surface area contributed by atoms with Gasteiger partial charge in [-0.05, 0) is 30.9 Å². The van der Waals surface area contributed by atoms with Gasteiger partial charge in [0.15, 0.2) is 0 Å². The van der Waals surface area contributed by atoms with Gasteiger partial charge in [-0.3, -0.25) is 4.79 Å². The maximum absolute atomic E-state index is 13.6. The summed E-state index contributed by atoms with van der Waals surface area (Å²) >= 11 is 5.92. The van der Waals surface area contributed by atoms with Crippen LogP contribution in [0.3, 0.4) is 0 Å². The molecule has 0 aromatic heterocycles. The Morgan fingerprint density at radius 2 is 2.00 bits per heavy atom. The average molecular weight is 346 g/mol. The minimum Gasteiger partial charge on any atom is -0.450 e. The number of carbonyl (C=O) groups excluding carboxylic acids is 1. The lowest BCUT2D eigenvalue weighted by atomic mass is 9.87. The maximum atomic E-state index is 13.6. The summed E-state index contributed by atoms with van der Waals surface area (Å²) in [7, 11) is 0. The zero-order chi connectivity index (χ0) is 17.4. The molecule has 1 aliphatic carbocycles. The van der Waals surface area contributed by atoms with Gasteiger partial charge in [0.05, 0.1) is 6.42 Å². The van der Waals surface area contributed by atoms with Gasteiger partial charge in [-0.25, -0.2) is 9.18 Å². The molecule has 128 valence electrons. The van der Waals surface area contributed by atoms with E-state index in [1.165, 1.54) is 12.5 Å². The molecule has 2 unspecified atom stereocenters. The fourth-order valence-corrected chi connectivity index (χ4v) is 2.94. The third-order valence-corrected chi connectivity index (χ3v) is 4.05. The number of halogens is 2. The molecule has 0 radical (unpaired) electrons. The van der Waals surface area contributed by atoms with Gasteiger partial charge >= 0.3 is 6.16 Å². The highest BCUT2D eigenvalue weighted by atomic mass is 35.5.